The summed E-state index contributed by atoms with van der Waals surface area (Å²) in [6.07, 6.45) is 14.2. The first-order valence-corrected chi connectivity index (χ1v) is 19.0. The van der Waals surface area contributed by atoms with Gasteiger partial charge in [0.2, 0.25) is 5.91 Å². The van der Waals surface area contributed by atoms with Gasteiger partial charge >= 0.3 is 19.8 Å². The fraction of sp³-hybridized carbons (Fsp3) is 0.196. The monoisotopic (exact) mass is 1020 g/mol. The first-order valence-electron chi connectivity index (χ1n) is 19.0. The summed E-state index contributed by atoms with van der Waals surface area (Å²) in [5, 5.41) is 5.84. The fourth-order valence-electron chi connectivity index (χ4n) is 5.62. The van der Waals surface area contributed by atoms with Crippen LogP contribution in [-0.4, -0.2) is 54.3 Å². The van der Waals surface area contributed by atoms with Crippen molar-refractivity contribution in [3.8, 4) is 22.8 Å². The number of halogens is 2. The molecule has 7 aromatic rings. The fourth-order valence-corrected chi connectivity index (χ4v) is 5.62. The maximum absolute atomic E-state index is 12.2. The Morgan fingerprint density at radius 2 is 1.12 bits per heavy atom. The van der Waals surface area contributed by atoms with E-state index in [0.717, 1.165) is 53.3 Å². The van der Waals surface area contributed by atoms with Gasteiger partial charge in [0.1, 0.15) is 0 Å². The number of aromatic nitrogens is 6. The number of aromatic amines is 1. The number of nitrogens with two attached hydrogens (primary N) is 1. The van der Waals surface area contributed by atoms with Gasteiger partial charge in [0.15, 0.2) is 0 Å². The molecule has 0 unspecified atom stereocenters. The van der Waals surface area contributed by atoms with Crippen LogP contribution in [0.4, 0.5) is 0 Å². The number of hydrogen-bond donors (Lipinski definition) is 4. The summed E-state index contributed by atoms with van der Waals surface area (Å²) >= 11 is 0. The van der Waals surface area contributed by atoms with Gasteiger partial charge < -0.3 is 46.2 Å². The topological polar surface area (TPSA) is 164 Å². The first kappa shape index (κ1) is 50.5. The van der Waals surface area contributed by atoms with Crippen LogP contribution >= 0.6 is 0 Å². The number of imidazole rings is 1. The van der Waals surface area contributed by atoms with Crippen LogP contribution in [0.15, 0.2) is 159 Å². The van der Waals surface area contributed by atoms with Crippen LogP contribution in [0.25, 0.3) is 22.8 Å². The van der Waals surface area contributed by atoms with Crippen LogP contribution in [0, 0.1) is 0 Å². The van der Waals surface area contributed by atoms with Crippen LogP contribution in [0.3, 0.4) is 0 Å². The summed E-state index contributed by atoms with van der Waals surface area (Å²) in [4.78, 5) is 48.1. The second-order valence-electron chi connectivity index (χ2n) is 13.3. The number of H-pyrrole nitrogens is 1. The molecule has 0 aliphatic heterocycles. The van der Waals surface area contributed by atoms with Crippen LogP contribution in [0.5, 0.6) is 0 Å². The first-order chi connectivity index (χ1) is 27.9. The Hall–Kier alpha value is -5.63. The van der Waals surface area contributed by atoms with E-state index in [-0.39, 0.29) is 62.5 Å². The molecule has 60 heavy (non-hydrogen) atoms. The van der Waals surface area contributed by atoms with E-state index in [4.69, 9.17) is 5.73 Å². The van der Waals surface area contributed by atoms with E-state index >= 15 is 0 Å². The molecular formula is C46H49Cl2N9O2Os. The maximum Gasteiger partial charge on any atom is 2.00 e. The summed E-state index contributed by atoms with van der Waals surface area (Å²) in [5.74, 6) is -0.0834. The zero-order valence-electron chi connectivity index (χ0n) is 33.3. The Bertz CT molecular complexity index is 2020. The molecule has 0 fully saturated rings. The average Bonchev–Trinajstić information content (AvgIpc) is 3.79. The Balaban J connectivity index is 0.000000374. The molecule has 14 heteroatoms. The molecule has 5 N–H and O–H groups in total. The number of amides is 2. The van der Waals surface area contributed by atoms with Crippen LogP contribution in [0.1, 0.15) is 52.5 Å². The number of pyridine rings is 4. The third-order valence-electron chi connectivity index (χ3n) is 8.57. The van der Waals surface area contributed by atoms with Gasteiger partial charge in [0, 0.05) is 74.2 Å². The van der Waals surface area contributed by atoms with Crippen molar-refractivity contribution < 1.29 is 54.2 Å². The van der Waals surface area contributed by atoms with Crippen LogP contribution in [-0.2, 0) is 50.4 Å². The zero-order valence-corrected chi connectivity index (χ0v) is 37.3. The maximum atomic E-state index is 12.2. The third kappa shape index (κ3) is 18.5. The summed E-state index contributed by atoms with van der Waals surface area (Å²) < 4.78 is 0. The van der Waals surface area contributed by atoms with Gasteiger partial charge in [0.25, 0.3) is 5.91 Å². The van der Waals surface area contributed by atoms with Crippen molar-refractivity contribution in [3.63, 3.8) is 0 Å². The number of carbonyl (C=O) groups is 2. The molecule has 2 aromatic carbocycles. The molecule has 5 heterocycles. The van der Waals surface area contributed by atoms with Crippen molar-refractivity contribution >= 4 is 11.8 Å². The number of hydrogen-bond acceptors (Lipinski definition) is 8. The van der Waals surface area contributed by atoms with E-state index < -0.39 is 0 Å². The van der Waals surface area contributed by atoms with E-state index in [1.165, 1.54) is 11.1 Å². The minimum Gasteiger partial charge on any atom is -1.00 e. The summed E-state index contributed by atoms with van der Waals surface area (Å²) in [7, 11) is 0. The SMILES string of the molecule is C[C@@H](N)Cc1ccc(CCCC(=O)NCc2ccc(C(=O)NCCc3cnc[nH]3)cc2)cc1.[Cl-].[Cl-].[Os+2].c1ccc(-c2ccccn2)nc1.c1ccc(-c2ccccn2)nc1. The van der Waals surface area contributed by atoms with Crippen molar-refractivity contribution in [2.24, 2.45) is 5.73 Å². The van der Waals surface area contributed by atoms with Crippen LogP contribution < -0.4 is 41.2 Å². The molecule has 312 valence electrons. The third-order valence-corrected chi connectivity index (χ3v) is 8.57. The minimum absolute atomic E-state index is 0. The molecule has 1 atom stereocenters. The van der Waals surface area contributed by atoms with Gasteiger partial charge in [-0.1, -0.05) is 60.7 Å². The molecule has 0 aliphatic carbocycles. The average molecular weight is 1020 g/mol. The molecule has 0 spiro atoms. The predicted octanol–water partition coefficient (Wildman–Crippen LogP) is 1.20. The van der Waals surface area contributed by atoms with Gasteiger partial charge in [-0.2, -0.15) is 0 Å². The molecule has 5 aromatic heterocycles. The number of carbonyl (C=O) groups excluding carboxylic acids is 2. The minimum atomic E-state index is -0.115. The largest absolute Gasteiger partial charge is 2.00 e. The second-order valence-corrected chi connectivity index (χ2v) is 13.3. The van der Waals surface area contributed by atoms with E-state index in [0.29, 0.717) is 31.5 Å². The number of nitrogens with zero attached hydrogens (tertiary/aromatic N) is 5. The van der Waals surface area contributed by atoms with Crippen molar-refractivity contribution in [1.29, 1.82) is 0 Å². The van der Waals surface area contributed by atoms with Crippen molar-refractivity contribution in [3.05, 3.63) is 187 Å². The number of rotatable bonds is 14. The van der Waals surface area contributed by atoms with E-state index in [2.05, 4.69) is 64.8 Å². The van der Waals surface area contributed by atoms with Gasteiger partial charge in [-0.3, -0.25) is 29.5 Å². The normalized spacial score (nSPS) is 10.3. The molecule has 0 radical (unpaired) electrons. The number of aryl methyl sites for hydroxylation is 1. The van der Waals surface area contributed by atoms with Crippen molar-refractivity contribution in [2.45, 2.75) is 51.6 Å². The summed E-state index contributed by atoms with van der Waals surface area (Å²) in [6, 6.07) is 39.1. The molecular weight excluding hydrogens is 972 g/mol. The van der Waals surface area contributed by atoms with Crippen molar-refractivity contribution in [1.82, 2.24) is 40.5 Å². The van der Waals surface area contributed by atoms with Crippen molar-refractivity contribution in [2.75, 3.05) is 6.54 Å². The summed E-state index contributed by atoms with van der Waals surface area (Å²) in [6.45, 7) is 2.99. The molecule has 7 rings (SSSR count). The molecule has 2 amide bonds. The van der Waals surface area contributed by atoms with Crippen LogP contribution in [0.2, 0.25) is 0 Å². The second kappa shape index (κ2) is 28.7. The zero-order chi connectivity index (χ0) is 39.9. The molecule has 0 saturated carbocycles. The predicted molar refractivity (Wildman–Crippen MR) is 225 cm³/mol. The summed E-state index contributed by atoms with van der Waals surface area (Å²) in [5.41, 5.74) is 14.5. The van der Waals surface area contributed by atoms with Gasteiger partial charge in [-0.05, 0) is 104 Å². The van der Waals surface area contributed by atoms with Gasteiger partial charge in [-0.15, -0.1) is 0 Å². The quantitative estimate of drug-likeness (QED) is 0.126. The Morgan fingerprint density at radius 1 is 0.633 bits per heavy atom. The van der Waals surface area contributed by atoms with E-state index in [1.807, 2.05) is 91.9 Å². The number of benzene rings is 2. The van der Waals surface area contributed by atoms with Gasteiger partial charge in [-0.25, -0.2) is 4.98 Å². The van der Waals surface area contributed by atoms with E-state index in [9.17, 15) is 9.59 Å². The standard InChI is InChI=1S/C26H33N5O2.2C10H8N2.2ClH.Os/c1-19(27)15-21-7-5-20(6-8-21)3-2-4-25(32)30-16-22-9-11-23(12-10-22)26(33)29-14-13-24-17-28-18-31-24;2*1-3-7-11-9(5-1)10-6-2-4-8-12-10;;;/h5-12,17-19H,2-4,13-16,27H2,1H3,(H,28,31)(H,29,33)(H,30,32);2*1-8H;2*1H;/q;;;;;+2/p-2/t19-;;;;;/m1...../s1. The van der Waals surface area contributed by atoms with Gasteiger partial charge in [0.05, 0.1) is 29.1 Å². The molecule has 0 bridgehead atoms. The Labute approximate surface area is 377 Å². The molecule has 11 nitrogen and oxygen atoms in total. The molecule has 0 aliphatic rings. The Kier molecular flexibility index (Phi) is 24.2. The number of nitrogens with one attached hydrogen (secondary N) is 3. The Morgan fingerprint density at radius 3 is 1.55 bits per heavy atom. The smallest absolute Gasteiger partial charge is 1.00 e. The van der Waals surface area contributed by atoms with E-state index in [1.54, 1.807) is 49.4 Å². The molecule has 0 saturated heterocycles.